The molecule has 0 aromatic heterocycles. The van der Waals surface area contributed by atoms with Crippen LogP contribution in [0.2, 0.25) is 0 Å². The molecule has 23 heavy (non-hydrogen) atoms. The Morgan fingerprint density at radius 3 is 2.48 bits per heavy atom. The first-order valence-electron chi connectivity index (χ1n) is 6.45. The van der Waals surface area contributed by atoms with Crippen LogP contribution in [0.5, 0.6) is 0 Å². The van der Waals surface area contributed by atoms with Gasteiger partial charge in [0.25, 0.3) is 0 Å². The predicted octanol–water partition coefficient (Wildman–Crippen LogP) is 3.37. The smallest absolute Gasteiger partial charge is 0.338 e. The number of rotatable bonds is 3. The molecule has 0 aliphatic carbocycles. The van der Waals surface area contributed by atoms with E-state index >= 15 is 0 Å². The lowest BCUT2D eigenvalue weighted by Crippen LogP contribution is -2.45. The molecule has 1 aromatic rings. The second-order valence-corrected chi connectivity index (χ2v) is 7.33. The van der Waals surface area contributed by atoms with Gasteiger partial charge in [0.15, 0.2) is 0 Å². The molecule has 0 saturated heterocycles. The maximum absolute atomic E-state index is 13.1. The summed E-state index contributed by atoms with van der Waals surface area (Å²) in [5.74, 6) is -1.19. The van der Waals surface area contributed by atoms with E-state index in [9.17, 15) is 14.0 Å². The van der Waals surface area contributed by atoms with Crippen molar-refractivity contribution in [3.8, 4) is 0 Å². The predicted molar refractivity (Wildman–Crippen MR) is 84.8 cm³/mol. The van der Waals surface area contributed by atoms with Crippen molar-refractivity contribution in [1.29, 1.82) is 0 Å². The maximum Gasteiger partial charge on any atom is 0.338 e. The van der Waals surface area contributed by atoms with E-state index in [2.05, 4.69) is 10.6 Å². The quantitative estimate of drug-likeness (QED) is 0.623. The number of halogens is 4. The second-order valence-electron chi connectivity index (χ2n) is 4.81. The van der Waals surface area contributed by atoms with E-state index in [1.165, 1.54) is 24.3 Å². The van der Waals surface area contributed by atoms with Gasteiger partial charge in [0.2, 0.25) is 3.79 Å². The standard InChI is InChI=1S/C14H12Cl3FN2O3/c1-7-10(12(21)23-6-14(15,16)17)11(20-13(22)19-7)8-2-4-9(18)5-3-8/h2-5,11H,6H2,1H3,(H2,19,20,22). The number of hydrogen-bond donors (Lipinski definition) is 2. The first kappa shape index (κ1) is 17.8. The Kier molecular flexibility index (Phi) is 5.39. The SMILES string of the molecule is CC1=C(C(=O)OCC(Cl)(Cl)Cl)C(c2ccc(F)cc2)NC(=O)N1. The summed E-state index contributed by atoms with van der Waals surface area (Å²) in [7, 11) is 0. The van der Waals surface area contributed by atoms with Crippen LogP contribution in [0, 0.1) is 5.82 Å². The van der Waals surface area contributed by atoms with Crippen LogP contribution in [0.3, 0.4) is 0 Å². The molecule has 124 valence electrons. The first-order chi connectivity index (χ1) is 10.7. The number of alkyl halides is 3. The number of hydrogen-bond acceptors (Lipinski definition) is 3. The van der Waals surface area contributed by atoms with Gasteiger partial charge in [-0.05, 0) is 24.6 Å². The topological polar surface area (TPSA) is 67.4 Å². The highest BCUT2D eigenvalue weighted by molar-refractivity contribution is 6.67. The van der Waals surface area contributed by atoms with Crippen molar-refractivity contribution < 1.29 is 18.7 Å². The van der Waals surface area contributed by atoms with Gasteiger partial charge in [-0.25, -0.2) is 14.0 Å². The highest BCUT2D eigenvalue weighted by atomic mass is 35.6. The van der Waals surface area contributed by atoms with Crippen LogP contribution < -0.4 is 10.6 Å². The largest absolute Gasteiger partial charge is 0.458 e. The first-order valence-corrected chi connectivity index (χ1v) is 7.58. The summed E-state index contributed by atoms with van der Waals surface area (Å²) in [4.78, 5) is 24.0. The minimum Gasteiger partial charge on any atom is -0.458 e. The van der Waals surface area contributed by atoms with Crippen molar-refractivity contribution in [3.05, 3.63) is 46.9 Å². The van der Waals surface area contributed by atoms with Gasteiger partial charge >= 0.3 is 12.0 Å². The number of carbonyl (C=O) groups is 2. The fraction of sp³-hybridized carbons (Fsp3) is 0.286. The van der Waals surface area contributed by atoms with Crippen LogP contribution in [0.15, 0.2) is 35.5 Å². The summed E-state index contributed by atoms with van der Waals surface area (Å²) in [6, 6.07) is 4.08. The Labute approximate surface area is 146 Å². The van der Waals surface area contributed by atoms with E-state index in [0.717, 1.165) is 0 Å². The van der Waals surface area contributed by atoms with Crippen LogP contribution in [0.25, 0.3) is 0 Å². The van der Waals surface area contributed by atoms with E-state index in [1.807, 2.05) is 0 Å². The lowest BCUT2D eigenvalue weighted by Gasteiger charge is -2.28. The minimum atomic E-state index is -1.75. The number of urea groups is 1. The Balaban J connectivity index is 2.31. The molecule has 1 aliphatic heterocycles. The van der Waals surface area contributed by atoms with E-state index < -0.39 is 34.3 Å². The monoisotopic (exact) mass is 380 g/mol. The average molecular weight is 382 g/mol. The second kappa shape index (κ2) is 6.95. The Morgan fingerprint density at radius 2 is 1.91 bits per heavy atom. The molecule has 0 saturated carbocycles. The van der Waals surface area contributed by atoms with Gasteiger partial charge < -0.3 is 15.4 Å². The molecule has 0 radical (unpaired) electrons. The molecule has 0 bridgehead atoms. The summed E-state index contributed by atoms with van der Waals surface area (Å²) in [6.07, 6.45) is 0. The van der Waals surface area contributed by atoms with Crippen LogP contribution in [-0.4, -0.2) is 22.4 Å². The molecule has 2 N–H and O–H groups in total. The van der Waals surface area contributed by atoms with Gasteiger partial charge in [0.1, 0.15) is 12.4 Å². The number of benzene rings is 1. The molecule has 9 heteroatoms. The fourth-order valence-corrected chi connectivity index (χ4v) is 2.26. The third-order valence-corrected chi connectivity index (χ3v) is 3.39. The highest BCUT2D eigenvalue weighted by Crippen LogP contribution is 2.30. The van der Waals surface area contributed by atoms with Crippen LogP contribution in [0.1, 0.15) is 18.5 Å². The maximum atomic E-state index is 13.1. The molecule has 1 aromatic carbocycles. The number of carbonyl (C=O) groups excluding carboxylic acids is 2. The van der Waals surface area contributed by atoms with E-state index in [-0.39, 0.29) is 5.57 Å². The Morgan fingerprint density at radius 1 is 1.30 bits per heavy atom. The molecule has 1 aliphatic rings. The molecule has 1 atom stereocenters. The Bertz CT molecular complexity index is 656. The zero-order valence-electron chi connectivity index (χ0n) is 11.8. The average Bonchev–Trinajstić information content (AvgIpc) is 2.44. The van der Waals surface area contributed by atoms with Gasteiger partial charge in [-0.2, -0.15) is 0 Å². The highest BCUT2D eigenvalue weighted by Gasteiger charge is 2.33. The molecular formula is C14H12Cl3FN2O3. The van der Waals surface area contributed by atoms with Crippen molar-refractivity contribution in [2.24, 2.45) is 0 Å². The fourth-order valence-electron chi connectivity index (χ4n) is 2.09. The number of ether oxygens (including phenoxy) is 1. The zero-order chi connectivity index (χ0) is 17.2. The lowest BCUT2D eigenvalue weighted by molar-refractivity contribution is -0.139. The molecule has 0 fully saturated rings. The van der Waals surface area contributed by atoms with Crippen molar-refractivity contribution in [1.82, 2.24) is 10.6 Å². The summed E-state index contributed by atoms with van der Waals surface area (Å²) in [5.41, 5.74) is 0.962. The minimum absolute atomic E-state index is 0.144. The van der Waals surface area contributed by atoms with Gasteiger partial charge in [0, 0.05) is 5.70 Å². The summed E-state index contributed by atoms with van der Waals surface area (Å²) >= 11 is 16.7. The summed E-state index contributed by atoms with van der Waals surface area (Å²) < 4.78 is 16.3. The zero-order valence-corrected chi connectivity index (χ0v) is 14.1. The third-order valence-electron chi connectivity index (χ3n) is 3.06. The lowest BCUT2D eigenvalue weighted by atomic mass is 9.95. The number of amides is 2. The number of allylic oxidation sites excluding steroid dienone is 1. The molecule has 1 heterocycles. The van der Waals surface area contributed by atoms with Crippen LogP contribution in [0.4, 0.5) is 9.18 Å². The van der Waals surface area contributed by atoms with E-state index in [1.54, 1.807) is 6.92 Å². The molecule has 2 amide bonds. The van der Waals surface area contributed by atoms with Gasteiger partial charge in [-0.3, -0.25) is 0 Å². The van der Waals surface area contributed by atoms with Crippen LogP contribution in [-0.2, 0) is 9.53 Å². The van der Waals surface area contributed by atoms with Gasteiger partial charge in [0.05, 0.1) is 11.6 Å². The van der Waals surface area contributed by atoms with E-state index in [0.29, 0.717) is 11.3 Å². The number of nitrogens with one attached hydrogen (secondary N) is 2. The Hall–Kier alpha value is -1.50. The van der Waals surface area contributed by atoms with Crippen molar-refractivity contribution in [3.63, 3.8) is 0 Å². The summed E-state index contributed by atoms with van der Waals surface area (Å²) in [5, 5.41) is 5.05. The molecule has 5 nitrogen and oxygen atoms in total. The van der Waals surface area contributed by atoms with Crippen molar-refractivity contribution in [2.45, 2.75) is 16.8 Å². The molecule has 0 spiro atoms. The van der Waals surface area contributed by atoms with Crippen molar-refractivity contribution >= 4 is 46.8 Å². The molecule has 2 rings (SSSR count). The third kappa shape index (κ3) is 4.73. The normalized spacial score (nSPS) is 18.3. The van der Waals surface area contributed by atoms with Gasteiger partial charge in [-0.1, -0.05) is 46.9 Å². The summed E-state index contributed by atoms with van der Waals surface area (Å²) in [6.45, 7) is 1.10. The van der Waals surface area contributed by atoms with Crippen LogP contribution >= 0.6 is 34.8 Å². The molecule has 1 unspecified atom stereocenters. The molecular weight excluding hydrogens is 370 g/mol. The number of esters is 1. The van der Waals surface area contributed by atoms with Gasteiger partial charge in [-0.15, -0.1) is 0 Å². The van der Waals surface area contributed by atoms with Crippen molar-refractivity contribution in [2.75, 3.05) is 6.61 Å². The van der Waals surface area contributed by atoms with E-state index in [4.69, 9.17) is 39.5 Å².